The molecular formula is C51H90O15. The van der Waals surface area contributed by atoms with E-state index in [0.717, 1.165) is 51.4 Å². The zero-order valence-electron chi connectivity index (χ0n) is 40.4. The van der Waals surface area contributed by atoms with Crippen LogP contribution in [0.4, 0.5) is 0 Å². The molecule has 0 bridgehead atoms. The Morgan fingerprint density at radius 2 is 0.939 bits per heavy atom. The van der Waals surface area contributed by atoms with Gasteiger partial charge in [0.05, 0.1) is 19.8 Å². The Labute approximate surface area is 395 Å². The first-order valence-electron chi connectivity index (χ1n) is 25.6. The lowest BCUT2D eigenvalue weighted by Crippen LogP contribution is -2.61. The number of unbranched alkanes of at least 4 members (excludes halogenated alkanes) is 20. The average Bonchev–Trinajstić information content (AvgIpc) is 3.31. The number of ether oxygens (including phenoxy) is 6. The molecule has 2 rings (SSSR count). The molecule has 0 aromatic heterocycles. The molecule has 0 saturated carbocycles. The van der Waals surface area contributed by atoms with E-state index in [0.29, 0.717) is 12.8 Å². The fraction of sp³-hybridized carbons (Fsp3) is 0.843. The smallest absolute Gasteiger partial charge is 0.306 e. The topological polar surface area (TPSA) is 231 Å². The van der Waals surface area contributed by atoms with E-state index >= 15 is 0 Å². The minimum Gasteiger partial charge on any atom is -0.462 e. The van der Waals surface area contributed by atoms with Crippen LogP contribution in [0.5, 0.6) is 0 Å². The second kappa shape index (κ2) is 38.6. The molecule has 11 atom stereocenters. The average molecular weight is 943 g/mol. The van der Waals surface area contributed by atoms with Gasteiger partial charge in [0, 0.05) is 12.8 Å². The predicted molar refractivity (Wildman–Crippen MR) is 252 cm³/mol. The number of carbonyl (C=O) groups excluding carboxylic acids is 2. The second-order valence-corrected chi connectivity index (χ2v) is 18.0. The van der Waals surface area contributed by atoms with Gasteiger partial charge in [-0.05, 0) is 51.4 Å². The van der Waals surface area contributed by atoms with Crippen molar-refractivity contribution in [1.29, 1.82) is 0 Å². The Kier molecular flexibility index (Phi) is 35.0. The van der Waals surface area contributed by atoms with E-state index in [4.69, 9.17) is 28.4 Å². The maximum absolute atomic E-state index is 13.0. The van der Waals surface area contributed by atoms with Gasteiger partial charge in [-0.25, -0.2) is 0 Å². The van der Waals surface area contributed by atoms with Gasteiger partial charge in [0.2, 0.25) is 0 Å². The summed E-state index contributed by atoms with van der Waals surface area (Å²) in [7, 11) is 0. The van der Waals surface area contributed by atoms with Crippen LogP contribution in [0, 0.1) is 0 Å². The standard InChI is InChI=1S/C51H90O15/c1-3-5-7-9-11-13-15-17-19-21-23-25-27-29-31-33-42(53)61-36-39(64-43(54)34-32-30-28-26-24-22-20-18-16-14-12-10-8-6-4-2)37-62-50-49(60)47(58)45(56)41(66-50)38-63-51-48(59)46(57)44(55)40(35-52)65-51/h13,15,17,19,28,30,39-41,44-52,55-60H,3-12,14,16,18,20-27,29,31-38H2,1-2H3/b15-13+,19-17+,30-28+/t39-,40-,41-,44+,45+,46?,47?,48?,49?,50-,51-/m1/s1. The first-order chi connectivity index (χ1) is 32.0. The molecule has 0 spiro atoms. The maximum atomic E-state index is 13.0. The third kappa shape index (κ3) is 26.5. The number of hydrogen-bond donors (Lipinski definition) is 7. The van der Waals surface area contributed by atoms with Gasteiger partial charge in [0.15, 0.2) is 18.7 Å². The zero-order valence-corrected chi connectivity index (χ0v) is 40.4. The van der Waals surface area contributed by atoms with Crippen molar-refractivity contribution in [2.24, 2.45) is 0 Å². The van der Waals surface area contributed by atoms with Crippen molar-refractivity contribution in [2.75, 3.05) is 26.4 Å². The summed E-state index contributed by atoms with van der Waals surface area (Å²) >= 11 is 0. The van der Waals surface area contributed by atoms with Gasteiger partial charge in [-0.2, -0.15) is 0 Å². The lowest BCUT2D eigenvalue weighted by molar-refractivity contribution is -0.332. The van der Waals surface area contributed by atoms with Crippen molar-refractivity contribution in [2.45, 2.75) is 248 Å². The van der Waals surface area contributed by atoms with Crippen LogP contribution in [-0.2, 0) is 38.0 Å². The zero-order chi connectivity index (χ0) is 48.2. The Morgan fingerprint density at radius 3 is 1.50 bits per heavy atom. The Balaban J connectivity index is 1.84. The minimum atomic E-state index is -1.77. The summed E-state index contributed by atoms with van der Waals surface area (Å²) in [4.78, 5) is 25.7. The van der Waals surface area contributed by atoms with E-state index in [-0.39, 0.29) is 19.4 Å². The van der Waals surface area contributed by atoms with Crippen LogP contribution in [0.3, 0.4) is 0 Å². The van der Waals surface area contributed by atoms with Crippen LogP contribution in [0.1, 0.15) is 181 Å². The van der Waals surface area contributed by atoms with Crippen LogP contribution in [-0.4, -0.2) is 142 Å². The number of allylic oxidation sites excluding steroid dienone is 6. The van der Waals surface area contributed by atoms with E-state index in [2.05, 4.69) is 44.2 Å². The van der Waals surface area contributed by atoms with Crippen molar-refractivity contribution >= 4 is 11.9 Å². The van der Waals surface area contributed by atoms with E-state index in [9.17, 15) is 45.3 Å². The number of rotatable bonds is 39. The minimum absolute atomic E-state index is 0.0790. The highest BCUT2D eigenvalue weighted by molar-refractivity contribution is 5.70. The molecule has 2 fully saturated rings. The van der Waals surface area contributed by atoms with E-state index in [1.54, 1.807) is 0 Å². The molecule has 66 heavy (non-hydrogen) atoms. The summed E-state index contributed by atoms with van der Waals surface area (Å²) in [5.41, 5.74) is 0. The van der Waals surface area contributed by atoms with Crippen molar-refractivity contribution in [3.8, 4) is 0 Å². The van der Waals surface area contributed by atoms with Gasteiger partial charge in [-0.1, -0.05) is 153 Å². The normalized spacial score (nSPS) is 26.4. The summed E-state index contributed by atoms with van der Waals surface area (Å²) in [6.45, 7) is 2.51. The molecule has 0 aromatic rings. The SMILES string of the molecule is CCCCCC/C=C/C=C/CCCCCCCC(=O)OC[C@H](CO[C@@H]1O[C@H](CO[C@@H]2O[C@H](CO)[C@H](O)C(O)C2O)[C@H](O)C(O)C1O)OC(=O)CC/C=C/CCCCCCCCCCCCC. The molecule has 4 unspecified atom stereocenters. The fourth-order valence-electron chi connectivity index (χ4n) is 7.87. The predicted octanol–water partition coefficient (Wildman–Crippen LogP) is 6.93. The summed E-state index contributed by atoms with van der Waals surface area (Å²) in [6.07, 6.45) is 23.3. The summed E-state index contributed by atoms with van der Waals surface area (Å²) < 4.78 is 33.5. The molecule has 0 aliphatic carbocycles. The molecule has 2 aliphatic rings. The monoisotopic (exact) mass is 943 g/mol. The molecule has 2 heterocycles. The van der Waals surface area contributed by atoms with Gasteiger partial charge in [0.1, 0.15) is 55.4 Å². The van der Waals surface area contributed by atoms with Gasteiger partial charge in [-0.3, -0.25) is 9.59 Å². The molecule has 2 aliphatic heterocycles. The van der Waals surface area contributed by atoms with Crippen molar-refractivity contribution in [1.82, 2.24) is 0 Å². The van der Waals surface area contributed by atoms with Crippen LogP contribution in [0.2, 0.25) is 0 Å². The number of hydrogen-bond acceptors (Lipinski definition) is 15. The quantitative estimate of drug-likeness (QED) is 0.0143. The van der Waals surface area contributed by atoms with E-state index in [1.807, 2.05) is 6.08 Å². The van der Waals surface area contributed by atoms with Gasteiger partial charge >= 0.3 is 11.9 Å². The first-order valence-corrected chi connectivity index (χ1v) is 25.6. The van der Waals surface area contributed by atoms with Crippen LogP contribution >= 0.6 is 0 Å². The molecule has 7 N–H and O–H groups in total. The van der Waals surface area contributed by atoms with Crippen molar-refractivity contribution in [3.05, 3.63) is 36.5 Å². The first kappa shape index (κ1) is 59.8. The summed E-state index contributed by atoms with van der Waals surface area (Å²) in [5.74, 6) is -0.998. The summed E-state index contributed by atoms with van der Waals surface area (Å²) in [5, 5.41) is 72.0. The lowest BCUT2D eigenvalue weighted by Gasteiger charge is -2.42. The highest BCUT2D eigenvalue weighted by Crippen LogP contribution is 2.26. The van der Waals surface area contributed by atoms with Crippen molar-refractivity contribution in [3.63, 3.8) is 0 Å². The molecule has 0 amide bonds. The van der Waals surface area contributed by atoms with Crippen LogP contribution in [0.15, 0.2) is 36.5 Å². The van der Waals surface area contributed by atoms with E-state index < -0.39 is 99.3 Å². The number of aliphatic hydroxyl groups is 7. The van der Waals surface area contributed by atoms with E-state index in [1.165, 1.54) is 89.9 Å². The molecule has 15 nitrogen and oxygen atoms in total. The van der Waals surface area contributed by atoms with Crippen LogP contribution < -0.4 is 0 Å². The molecule has 384 valence electrons. The van der Waals surface area contributed by atoms with Crippen LogP contribution in [0.25, 0.3) is 0 Å². The van der Waals surface area contributed by atoms with Gasteiger partial charge in [-0.15, -0.1) is 0 Å². The Morgan fingerprint density at radius 1 is 0.485 bits per heavy atom. The largest absolute Gasteiger partial charge is 0.462 e. The highest BCUT2D eigenvalue weighted by atomic mass is 16.7. The number of aliphatic hydroxyl groups excluding tert-OH is 7. The van der Waals surface area contributed by atoms with Gasteiger partial charge < -0.3 is 64.2 Å². The third-order valence-electron chi connectivity index (χ3n) is 12.1. The molecule has 2 saturated heterocycles. The maximum Gasteiger partial charge on any atom is 0.306 e. The fourth-order valence-corrected chi connectivity index (χ4v) is 7.87. The molecular weight excluding hydrogens is 853 g/mol. The number of esters is 2. The number of carbonyl (C=O) groups is 2. The molecule has 0 radical (unpaired) electrons. The summed E-state index contributed by atoms with van der Waals surface area (Å²) in [6, 6.07) is 0. The van der Waals surface area contributed by atoms with Gasteiger partial charge in [0.25, 0.3) is 0 Å². The second-order valence-electron chi connectivity index (χ2n) is 18.0. The third-order valence-corrected chi connectivity index (χ3v) is 12.1. The molecule has 15 heteroatoms. The Bertz CT molecular complexity index is 1290. The molecule has 0 aromatic carbocycles. The Hall–Kier alpha value is -2.28. The lowest BCUT2D eigenvalue weighted by atomic mass is 9.98. The van der Waals surface area contributed by atoms with Crippen molar-refractivity contribution < 1.29 is 73.8 Å². The highest BCUT2D eigenvalue weighted by Gasteiger charge is 2.47.